The second-order valence-electron chi connectivity index (χ2n) is 9.14. The maximum atomic E-state index is 12.9. The van der Waals surface area contributed by atoms with Gasteiger partial charge in [-0.1, -0.05) is 36.4 Å². The number of para-hydroxylation sites is 1. The number of nitrogens with zero attached hydrogens (tertiary/aromatic N) is 2. The molecule has 3 aliphatic rings. The summed E-state index contributed by atoms with van der Waals surface area (Å²) in [5, 5.41) is 8.05. The number of anilines is 1. The molecule has 4 atom stereocenters. The minimum atomic E-state index is -0.307. The highest BCUT2D eigenvalue weighted by Gasteiger charge is 2.59. The second kappa shape index (κ2) is 9.81. The molecule has 1 saturated carbocycles. The molecule has 1 aliphatic heterocycles. The van der Waals surface area contributed by atoms with E-state index >= 15 is 0 Å². The van der Waals surface area contributed by atoms with Crippen molar-refractivity contribution in [2.24, 2.45) is 28.8 Å². The van der Waals surface area contributed by atoms with E-state index in [0.717, 1.165) is 17.0 Å². The summed E-state index contributed by atoms with van der Waals surface area (Å²) in [7, 11) is 1.50. The van der Waals surface area contributed by atoms with Crippen LogP contribution in [0.15, 0.2) is 72.4 Å². The summed E-state index contributed by atoms with van der Waals surface area (Å²) in [6, 6.07) is 12.6. The van der Waals surface area contributed by atoms with Gasteiger partial charge in [-0.3, -0.25) is 14.4 Å². The highest BCUT2D eigenvalue weighted by molar-refractivity contribution is 6.06. The Kier molecular flexibility index (Phi) is 6.41. The molecule has 2 bridgehead atoms. The Labute approximate surface area is 209 Å². The van der Waals surface area contributed by atoms with Crippen LogP contribution in [0, 0.1) is 23.7 Å². The van der Waals surface area contributed by atoms with Gasteiger partial charge in [0.25, 0.3) is 17.7 Å². The maximum Gasteiger partial charge on any atom is 0.262 e. The fourth-order valence-electron chi connectivity index (χ4n) is 5.36. The van der Waals surface area contributed by atoms with E-state index in [2.05, 4.69) is 29.1 Å². The van der Waals surface area contributed by atoms with E-state index in [4.69, 9.17) is 9.47 Å². The number of fused-ring (bicyclic) bond motifs is 5. The lowest BCUT2D eigenvalue weighted by Gasteiger charge is -2.16. The third-order valence-electron chi connectivity index (χ3n) is 6.91. The van der Waals surface area contributed by atoms with E-state index in [-0.39, 0.29) is 48.0 Å². The van der Waals surface area contributed by atoms with Crippen LogP contribution in [0.3, 0.4) is 0 Å². The fourth-order valence-corrected chi connectivity index (χ4v) is 5.36. The lowest BCUT2D eigenvalue weighted by Crippen LogP contribution is -2.28. The van der Waals surface area contributed by atoms with Crippen LogP contribution in [-0.2, 0) is 20.8 Å². The lowest BCUT2D eigenvalue weighted by atomic mass is 9.85. The summed E-state index contributed by atoms with van der Waals surface area (Å²) in [6.07, 6.45) is 8.62. The SMILES string of the molecule is C=CCc1cc(C=NN2C(=O)[C@@H]3[C@H](C2=O)[C@H]2C=C[C@H]3C2)cc(OC)c1OCC(=O)Nc1ccccc1. The summed E-state index contributed by atoms with van der Waals surface area (Å²) in [5.41, 5.74) is 2.04. The third kappa shape index (κ3) is 4.30. The molecule has 5 rings (SSSR count). The van der Waals surface area contributed by atoms with E-state index in [1.807, 2.05) is 24.3 Å². The molecule has 184 valence electrons. The van der Waals surface area contributed by atoms with Gasteiger partial charge in [0.2, 0.25) is 0 Å². The van der Waals surface area contributed by atoms with Crippen molar-refractivity contribution in [1.29, 1.82) is 0 Å². The first-order chi connectivity index (χ1) is 17.5. The smallest absolute Gasteiger partial charge is 0.262 e. The number of imide groups is 1. The van der Waals surface area contributed by atoms with Gasteiger partial charge in [-0.25, -0.2) is 0 Å². The molecule has 0 aromatic heterocycles. The van der Waals surface area contributed by atoms with E-state index in [1.54, 1.807) is 24.3 Å². The predicted octanol–water partition coefficient (Wildman–Crippen LogP) is 3.58. The Morgan fingerprint density at radius 1 is 1.14 bits per heavy atom. The molecular weight excluding hydrogens is 458 g/mol. The molecule has 0 radical (unpaired) electrons. The van der Waals surface area contributed by atoms with Crippen molar-refractivity contribution in [3.05, 3.63) is 78.4 Å². The number of carbonyl (C=O) groups is 3. The van der Waals surface area contributed by atoms with Gasteiger partial charge in [0, 0.05) is 11.3 Å². The van der Waals surface area contributed by atoms with Gasteiger partial charge in [0.05, 0.1) is 25.2 Å². The first kappa shape index (κ1) is 23.5. The summed E-state index contributed by atoms with van der Waals surface area (Å²) in [5.74, 6) is -0.288. The molecule has 2 aromatic rings. The van der Waals surface area contributed by atoms with Gasteiger partial charge in [-0.05, 0) is 54.5 Å². The number of ether oxygens (including phenoxy) is 2. The van der Waals surface area contributed by atoms with Gasteiger partial charge < -0.3 is 14.8 Å². The van der Waals surface area contributed by atoms with Gasteiger partial charge in [0.1, 0.15) is 0 Å². The molecule has 2 fully saturated rings. The van der Waals surface area contributed by atoms with Crippen LogP contribution in [-0.4, -0.2) is 42.7 Å². The molecule has 36 heavy (non-hydrogen) atoms. The zero-order valence-corrected chi connectivity index (χ0v) is 19.9. The summed E-state index contributed by atoms with van der Waals surface area (Å²) >= 11 is 0. The van der Waals surface area contributed by atoms with Crippen LogP contribution in [0.2, 0.25) is 0 Å². The monoisotopic (exact) mass is 485 g/mol. The van der Waals surface area contributed by atoms with Crippen LogP contribution in [0.5, 0.6) is 11.5 Å². The predicted molar refractivity (Wildman–Crippen MR) is 135 cm³/mol. The highest BCUT2D eigenvalue weighted by Crippen LogP contribution is 2.52. The van der Waals surface area contributed by atoms with Crippen LogP contribution in [0.4, 0.5) is 5.69 Å². The Hall–Kier alpha value is -4.20. The number of methoxy groups -OCH3 is 1. The molecule has 8 nitrogen and oxygen atoms in total. The van der Waals surface area contributed by atoms with Gasteiger partial charge in [-0.2, -0.15) is 10.1 Å². The molecule has 2 aliphatic carbocycles. The number of rotatable bonds is 9. The van der Waals surface area contributed by atoms with E-state index in [0.29, 0.717) is 29.2 Å². The quantitative estimate of drug-likeness (QED) is 0.333. The number of hydrazone groups is 1. The largest absolute Gasteiger partial charge is 0.493 e. The number of allylic oxidation sites excluding steroid dienone is 3. The summed E-state index contributed by atoms with van der Waals surface area (Å²) in [4.78, 5) is 38.2. The highest BCUT2D eigenvalue weighted by atomic mass is 16.5. The fraction of sp³-hybridized carbons (Fsp3) is 0.286. The van der Waals surface area contributed by atoms with Crippen molar-refractivity contribution in [2.45, 2.75) is 12.8 Å². The van der Waals surface area contributed by atoms with Crippen molar-refractivity contribution < 1.29 is 23.9 Å². The number of nitrogens with one attached hydrogen (secondary N) is 1. The average molecular weight is 486 g/mol. The average Bonchev–Trinajstić information content (AvgIpc) is 3.56. The van der Waals surface area contributed by atoms with Crippen LogP contribution in [0.25, 0.3) is 0 Å². The van der Waals surface area contributed by atoms with Crippen LogP contribution in [0.1, 0.15) is 17.5 Å². The zero-order chi connectivity index (χ0) is 25.2. The topological polar surface area (TPSA) is 97.3 Å². The second-order valence-corrected chi connectivity index (χ2v) is 9.14. The van der Waals surface area contributed by atoms with Gasteiger partial charge >= 0.3 is 0 Å². The van der Waals surface area contributed by atoms with E-state index in [9.17, 15) is 14.4 Å². The number of hydrogen-bond donors (Lipinski definition) is 1. The molecule has 1 heterocycles. The molecule has 3 amide bonds. The lowest BCUT2D eigenvalue weighted by molar-refractivity contribution is -0.140. The number of benzene rings is 2. The van der Waals surface area contributed by atoms with Crippen molar-refractivity contribution in [3.8, 4) is 11.5 Å². The molecule has 2 aromatic carbocycles. The third-order valence-corrected chi connectivity index (χ3v) is 6.91. The number of hydrogen-bond acceptors (Lipinski definition) is 6. The van der Waals surface area contributed by atoms with E-state index in [1.165, 1.54) is 13.3 Å². The standard InChI is InChI=1S/C28H27N3O5/c1-3-7-20-12-17(15-29-31-27(33)24-18-10-11-19(14-18)25(24)28(31)34)13-22(35-2)26(20)36-16-23(32)30-21-8-5-4-6-9-21/h3-6,8-13,15,18-19,24-25H,1,7,14,16H2,2H3,(H,30,32)/t18-,19-,24-,25+/m0/s1. The van der Waals surface area contributed by atoms with Crippen molar-refractivity contribution >= 4 is 29.6 Å². The normalized spacial score (nSPS) is 23.9. The minimum absolute atomic E-state index is 0.131. The Morgan fingerprint density at radius 2 is 1.83 bits per heavy atom. The summed E-state index contributed by atoms with van der Waals surface area (Å²) in [6.45, 7) is 3.59. The Bertz CT molecular complexity index is 1240. The molecule has 0 unspecified atom stereocenters. The molecular formula is C28H27N3O5. The zero-order valence-electron chi connectivity index (χ0n) is 19.9. The van der Waals surface area contributed by atoms with Crippen molar-refractivity contribution in [3.63, 3.8) is 0 Å². The van der Waals surface area contributed by atoms with Crippen LogP contribution >= 0.6 is 0 Å². The number of carbonyl (C=O) groups excluding carboxylic acids is 3. The Balaban J connectivity index is 1.32. The molecule has 1 saturated heterocycles. The van der Waals surface area contributed by atoms with Crippen LogP contribution < -0.4 is 14.8 Å². The number of amides is 3. The van der Waals surface area contributed by atoms with Gasteiger partial charge in [0.15, 0.2) is 18.1 Å². The Morgan fingerprint density at radius 3 is 2.47 bits per heavy atom. The first-order valence-corrected chi connectivity index (χ1v) is 11.9. The first-order valence-electron chi connectivity index (χ1n) is 11.9. The van der Waals surface area contributed by atoms with Gasteiger partial charge in [-0.15, -0.1) is 6.58 Å². The summed E-state index contributed by atoms with van der Waals surface area (Å²) < 4.78 is 11.4. The van der Waals surface area contributed by atoms with Crippen molar-refractivity contribution in [2.75, 3.05) is 19.0 Å². The molecule has 0 spiro atoms. The maximum absolute atomic E-state index is 12.9. The molecule has 8 heteroatoms. The van der Waals surface area contributed by atoms with Crippen molar-refractivity contribution in [1.82, 2.24) is 5.01 Å². The molecule has 1 N–H and O–H groups in total. The minimum Gasteiger partial charge on any atom is -0.493 e. The van der Waals surface area contributed by atoms with E-state index < -0.39 is 0 Å².